The van der Waals surface area contributed by atoms with Gasteiger partial charge in [0.2, 0.25) is 0 Å². The molecule has 0 amide bonds. The largest absolute Gasteiger partial charge is 0.456 e. The van der Waals surface area contributed by atoms with Crippen molar-refractivity contribution in [2.45, 2.75) is 0 Å². The van der Waals surface area contributed by atoms with Crippen molar-refractivity contribution in [2.75, 3.05) is 0 Å². The molecule has 3 heteroatoms. The van der Waals surface area contributed by atoms with Gasteiger partial charge in [0.15, 0.2) is 0 Å². The predicted molar refractivity (Wildman–Crippen MR) is 239 cm³/mol. The number of hydrogen-bond acceptors (Lipinski definition) is 1. The lowest BCUT2D eigenvalue weighted by molar-refractivity contribution is 0.669. The maximum Gasteiger partial charge on any atom is 0.137 e. The Morgan fingerprint density at radius 3 is 1.58 bits per heavy atom. The summed E-state index contributed by atoms with van der Waals surface area (Å²) in [5, 5.41) is 7.18. The van der Waals surface area contributed by atoms with Crippen LogP contribution < -0.4 is 0 Å². The smallest absolute Gasteiger partial charge is 0.137 e. The van der Waals surface area contributed by atoms with Crippen LogP contribution in [0.15, 0.2) is 211 Å². The highest BCUT2D eigenvalue weighted by atomic mass is 16.3. The van der Waals surface area contributed by atoms with Crippen LogP contribution in [0.5, 0.6) is 0 Å². The first kappa shape index (κ1) is 31.7. The van der Waals surface area contributed by atoms with Crippen molar-refractivity contribution in [1.82, 2.24) is 9.13 Å². The minimum absolute atomic E-state index is 0.888. The second-order valence-corrected chi connectivity index (χ2v) is 14.9. The summed E-state index contributed by atoms with van der Waals surface area (Å²) in [4.78, 5) is 0. The fourth-order valence-electron chi connectivity index (χ4n) is 9.10. The van der Waals surface area contributed by atoms with Crippen LogP contribution in [-0.2, 0) is 0 Å². The molecular formula is C54H34N2O. The van der Waals surface area contributed by atoms with Gasteiger partial charge < -0.3 is 13.6 Å². The molecule has 0 atom stereocenters. The SMILES string of the molecule is c1ccc(-c2ccc3c4cc(-c5cccc(-c6ccc7c(c6)c6ccccc6n7-c6ccccc6)c5)ccc4n(-c4cccc5oc6ccccc6c45)c3c2)cc1. The summed E-state index contributed by atoms with van der Waals surface area (Å²) in [6.45, 7) is 0. The van der Waals surface area contributed by atoms with Crippen molar-refractivity contribution in [3.63, 3.8) is 0 Å². The molecule has 3 nitrogen and oxygen atoms in total. The van der Waals surface area contributed by atoms with Gasteiger partial charge in [-0.05, 0) is 106 Å². The Kier molecular flexibility index (Phi) is 6.93. The van der Waals surface area contributed by atoms with Gasteiger partial charge in [-0.25, -0.2) is 0 Å². The molecule has 0 aliphatic carbocycles. The van der Waals surface area contributed by atoms with Crippen LogP contribution in [0.25, 0.3) is 110 Å². The second-order valence-electron chi connectivity index (χ2n) is 14.9. The van der Waals surface area contributed by atoms with Crippen LogP contribution in [0.3, 0.4) is 0 Å². The van der Waals surface area contributed by atoms with Gasteiger partial charge in [0.1, 0.15) is 11.2 Å². The molecular weight excluding hydrogens is 693 g/mol. The van der Waals surface area contributed by atoms with E-state index in [2.05, 4.69) is 209 Å². The molecule has 0 saturated heterocycles. The van der Waals surface area contributed by atoms with E-state index in [-0.39, 0.29) is 0 Å². The molecule has 0 N–H and O–H groups in total. The highest BCUT2D eigenvalue weighted by molar-refractivity contribution is 6.16. The van der Waals surface area contributed by atoms with Crippen LogP contribution in [-0.4, -0.2) is 9.13 Å². The Balaban J connectivity index is 1.03. The average Bonchev–Trinajstić information content (AvgIpc) is 3.94. The van der Waals surface area contributed by atoms with Crippen LogP contribution >= 0.6 is 0 Å². The molecule has 3 aromatic heterocycles. The summed E-state index contributed by atoms with van der Waals surface area (Å²) in [6, 6.07) is 74.5. The van der Waals surface area contributed by atoms with E-state index in [0.29, 0.717) is 0 Å². The first-order chi connectivity index (χ1) is 28.3. The van der Waals surface area contributed by atoms with Crippen molar-refractivity contribution in [3.05, 3.63) is 206 Å². The number of rotatable bonds is 5. The van der Waals surface area contributed by atoms with E-state index < -0.39 is 0 Å². The molecule has 266 valence electrons. The fraction of sp³-hybridized carbons (Fsp3) is 0. The molecule has 0 bridgehead atoms. The molecule has 0 aliphatic rings. The molecule has 0 saturated carbocycles. The molecule has 0 spiro atoms. The zero-order chi connectivity index (χ0) is 37.5. The number of hydrogen-bond donors (Lipinski definition) is 0. The Labute approximate surface area is 328 Å². The lowest BCUT2D eigenvalue weighted by atomic mass is 9.97. The summed E-state index contributed by atoms with van der Waals surface area (Å²) in [5.41, 5.74) is 16.0. The Morgan fingerprint density at radius 1 is 0.281 bits per heavy atom. The zero-order valence-electron chi connectivity index (χ0n) is 30.9. The van der Waals surface area contributed by atoms with Crippen molar-refractivity contribution >= 4 is 65.6 Å². The summed E-state index contributed by atoms with van der Waals surface area (Å²) >= 11 is 0. The Hall–Kier alpha value is -7.62. The van der Waals surface area contributed by atoms with E-state index >= 15 is 0 Å². The second kappa shape index (κ2) is 12.5. The Bertz CT molecular complexity index is 3510. The van der Waals surface area contributed by atoms with Crippen LogP contribution in [0.2, 0.25) is 0 Å². The number of benzene rings is 9. The van der Waals surface area contributed by atoms with Crippen LogP contribution in [0, 0.1) is 0 Å². The standard InChI is InChI=1S/C54H34N2O/c1-3-13-35(14-4-1)40-25-28-43-46-33-39(27-30-49(46)56(51(43)34-40)50-22-12-24-53-54(50)44-20-8-10-23-52(44)57-53)37-16-11-15-36(31-37)38-26-29-48-45(32-38)42-19-7-9-21-47(42)55(48)41-17-5-2-6-18-41/h1-34H. The van der Waals surface area contributed by atoms with E-state index in [1.165, 1.54) is 71.6 Å². The molecule has 57 heavy (non-hydrogen) atoms. The third-order valence-corrected chi connectivity index (χ3v) is 11.7. The normalized spacial score (nSPS) is 11.9. The zero-order valence-corrected chi connectivity index (χ0v) is 30.9. The van der Waals surface area contributed by atoms with Gasteiger partial charge in [0.05, 0.1) is 33.1 Å². The lowest BCUT2D eigenvalue weighted by Gasteiger charge is -2.11. The van der Waals surface area contributed by atoms with Gasteiger partial charge in [-0.2, -0.15) is 0 Å². The van der Waals surface area contributed by atoms with E-state index in [9.17, 15) is 0 Å². The van der Waals surface area contributed by atoms with Crippen molar-refractivity contribution in [3.8, 4) is 44.8 Å². The van der Waals surface area contributed by atoms with E-state index in [4.69, 9.17) is 4.42 Å². The van der Waals surface area contributed by atoms with Crippen molar-refractivity contribution in [1.29, 1.82) is 0 Å². The molecule has 9 aromatic carbocycles. The van der Waals surface area contributed by atoms with Gasteiger partial charge >= 0.3 is 0 Å². The first-order valence-electron chi connectivity index (χ1n) is 19.5. The predicted octanol–water partition coefficient (Wildman–Crippen LogP) is 14.8. The quantitative estimate of drug-likeness (QED) is 0.173. The summed E-state index contributed by atoms with van der Waals surface area (Å²) in [5.74, 6) is 0. The third kappa shape index (κ3) is 4.92. The highest BCUT2D eigenvalue weighted by Crippen LogP contribution is 2.42. The fourth-order valence-corrected chi connectivity index (χ4v) is 9.10. The van der Waals surface area contributed by atoms with E-state index in [1.54, 1.807) is 0 Å². The minimum Gasteiger partial charge on any atom is -0.456 e. The maximum atomic E-state index is 6.38. The van der Waals surface area contributed by atoms with Crippen molar-refractivity contribution in [2.24, 2.45) is 0 Å². The number of furan rings is 1. The Morgan fingerprint density at radius 2 is 0.807 bits per heavy atom. The summed E-state index contributed by atoms with van der Waals surface area (Å²) in [7, 11) is 0. The third-order valence-electron chi connectivity index (χ3n) is 11.7. The van der Waals surface area contributed by atoms with Gasteiger partial charge in [-0.15, -0.1) is 0 Å². The number of para-hydroxylation sites is 3. The number of fused-ring (bicyclic) bond motifs is 9. The molecule has 0 fully saturated rings. The van der Waals surface area contributed by atoms with Gasteiger partial charge in [0.25, 0.3) is 0 Å². The minimum atomic E-state index is 0.888. The first-order valence-corrected chi connectivity index (χ1v) is 19.5. The van der Waals surface area contributed by atoms with E-state index in [1.807, 2.05) is 6.07 Å². The molecule has 0 unspecified atom stereocenters. The molecule has 12 aromatic rings. The van der Waals surface area contributed by atoms with E-state index in [0.717, 1.165) is 38.7 Å². The summed E-state index contributed by atoms with van der Waals surface area (Å²) in [6.07, 6.45) is 0. The molecule has 12 rings (SSSR count). The molecule has 0 radical (unpaired) electrons. The van der Waals surface area contributed by atoms with Crippen molar-refractivity contribution < 1.29 is 4.42 Å². The lowest BCUT2D eigenvalue weighted by Crippen LogP contribution is -1.95. The van der Waals surface area contributed by atoms with Gasteiger partial charge in [-0.1, -0.05) is 133 Å². The monoisotopic (exact) mass is 726 g/mol. The highest BCUT2D eigenvalue weighted by Gasteiger charge is 2.19. The molecule has 0 aliphatic heterocycles. The van der Waals surface area contributed by atoms with Gasteiger partial charge in [0, 0.05) is 32.6 Å². The van der Waals surface area contributed by atoms with Gasteiger partial charge in [-0.3, -0.25) is 0 Å². The average molecular weight is 727 g/mol. The topological polar surface area (TPSA) is 23.0 Å². The maximum absolute atomic E-state index is 6.38. The number of aromatic nitrogens is 2. The molecule has 3 heterocycles. The number of nitrogens with zero attached hydrogens (tertiary/aromatic N) is 2. The van der Waals surface area contributed by atoms with Crippen LogP contribution in [0.4, 0.5) is 0 Å². The summed E-state index contributed by atoms with van der Waals surface area (Å²) < 4.78 is 11.2. The van der Waals surface area contributed by atoms with Crippen LogP contribution in [0.1, 0.15) is 0 Å².